The molecule has 0 aliphatic heterocycles. The highest BCUT2D eigenvalue weighted by Crippen LogP contribution is 2.22. The third-order valence-electron chi connectivity index (χ3n) is 5.06. The Morgan fingerprint density at radius 1 is 0.931 bits per heavy atom. The smallest absolute Gasteiger partial charge is 0.251 e. The Bertz CT molecular complexity index is 1200. The van der Waals surface area contributed by atoms with Crippen LogP contribution in [-0.4, -0.2) is 9.55 Å². The lowest BCUT2D eigenvalue weighted by Gasteiger charge is -2.15. The van der Waals surface area contributed by atoms with E-state index >= 15 is 0 Å². The molecule has 0 aliphatic rings. The third-order valence-corrected chi connectivity index (χ3v) is 5.30. The molecule has 0 spiro atoms. The number of benzene rings is 2. The Labute approximate surface area is 175 Å². The second-order valence-electron chi connectivity index (χ2n) is 7.29. The summed E-state index contributed by atoms with van der Waals surface area (Å²) in [5, 5.41) is 1.72. The molecule has 29 heavy (non-hydrogen) atoms. The van der Waals surface area contributed by atoms with Gasteiger partial charge in [0.25, 0.3) is 5.56 Å². The topological polar surface area (TPSA) is 34.9 Å². The summed E-state index contributed by atoms with van der Waals surface area (Å²) in [6.07, 6.45) is 2.63. The minimum Gasteiger partial charge on any atom is -0.304 e. The van der Waals surface area contributed by atoms with Gasteiger partial charge in [-0.2, -0.15) is 0 Å². The molecule has 2 aromatic heterocycles. The zero-order valence-electron chi connectivity index (χ0n) is 16.4. The van der Waals surface area contributed by atoms with E-state index in [9.17, 15) is 4.79 Å². The third kappa shape index (κ3) is 4.41. The molecule has 0 bridgehead atoms. The van der Waals surface area contributed by atoms with E-state index in [4.69, 9.17) is 16.6 Å². The van der Waals surface area contributed by atoms with Gasteiger partial charge >= 0.3 is 0 Å². The van der Waals surface area contributed by atoms with Crippen LogP contribution in [0.3, 0.4) is 0 Å². The summed E-state index contributed by atoms with van der Waals surface area (Å²) >= 11 is 6.15. The van der Waals surface area contributed by atoms with Crippen molar-refractivity contribution in [2.75, 3.05) is 0 Å². The minimum atomic E-state index is -0.0169. The normalized spacial score (nSPS) is 11.1. The number of fused-ring (bicyclic) bond motifs is 1. The van der Waals surface area contributed by atoms with Crippen LogP contribution in [0, 0.1) is 0 Å². The molecule has 2 heterocycles. The van der Waals surface area contributed by atoms with Crippen LogP contribution in [0.4, 0.5) is 0 Å². The van der Waals surface area contributed by atoms with E-state index in [0.29, 0.717) is 11.6 Å². The first-order valence-electron chi connectivity index (χ1n) is 9.95. The van der Waals surface area contributed by atoms with Gasteiger partial charge in [0, 0.05) is 34.3 Å². The molecule has 0 unspecified atom stereocenters. The zero-order valence-corrected chi connectivity index (χ0v) is 17.2. The number of hydrogen-bond donors (Lipinski definition) is 0. The van der Waals surface area contributed by atoms with Crippen molar-refractivity contribution in [3.05, 3.63) is 111 Å². The predicted molar refractivity (Wildman–Crippen MR) is 120 cm³/mol. The van der Waals surface area contributed by atoms with Gasteiger partial charge in [-0.15, -0.1) is 0 Å². The Morgan fingerprint density at radius 3 is 2.48 bits per heavy atom. The minimum absolute atomic E-state index is 0.0169. The van der Waals surface area contributed by atoms with E-state index in [1.54, 1.807) is 6.07 Å². The molecule has 0 fully saturated rings. The van der Waals surface area contributed by atoms with Crippen molar-refractivity contribution >= 4 is 22.5 Å². The van der Waals surface area contributed by atoms with Crippen molar-refractivity contribution in [2.24, 2.45) is 0 Å². The number of nitrogens with zero attached hydrogens (tertiary/aromatic N) is 2. The maximum Gasteiger partial charge on any atom is 0.251 e. The molecule has 0 atom stereocenters. The SMILES string of the molecule is CCCc1nc(Cc2ccccc2)cc2c1ccc(=O)n2Cc1cccc(Cl)c1. The van der Waals surface area contributed by atoms with E-state index in [0.717, 1.165) is 47.1 Å². The van der Waals surface area contributed by atoms with Crippen LogP contribution in [0.5, 0.6) is 0 Å². The number of hydrogen-bond acceptors (Lipinski definition) is 2. The first kappa shape index (κ1) is 19.4. The quantitative estimate of drug-likeness (QED) is 0.418. The fourth-order valence-electron chi connectivity index (χ4n) is 3.72. The number of aryl methyl sites for hydroxylation is 1. The highest BCUT2D eigenvalue weighted by Gasteiger charge is 2.12. The highest BCUT2D eigenvalue weighted by atomic mass is 35.5. The van der Waals surface area contributed by atoms with E-state index < -0.39 is 0 Å². The van der Waals surface area contributed by atoms with Crippen LogP contribution in [0.2, 0.25) is 5.02 Å². The van der Waals surface area contributed by atoms with Crippen molar-refractivity contribution in [2.45, 2.75) is 32.7 Å². The van der Waals surface area contributed by atoms with Gasteiger partial charge in [-0.25, -0.2) is 0 Å². The molecule has 4 aromatic rings. The first-order chi connectivity index (χ1) is 14.1. The summed E-state index contributed by atoms with van der Waals surface area (Å²) in [5.74, 6) is 0. The second-order valence-corrected chi connectivity index (χ2v) is 7.73. The summed E-state index contributed by atoms with van der Waals surface area (Å²) < 4.78 is 1.83. The average Bonchev–Trinajstić information content (AvgIpc) is 2.71. The van der Waals surface area contributed by atoms with E-state index in [-0.39, 0.29) is 5.56 Å². The van der Waals surface area contributed by atoms with Gasteiger partial charge in [-0.1, -0.05) is 67.4 Å². The molecular formula is C25H23ClN2O. The van der Waals surface area contributed by atoms with Gasteiger partial charge in [0.2, 0.25) is 0 Å². The van der Waals surface area contributed by atoms with Crippen molar-refractivity contribution < 1.29 is 0 Å². The molecule has 0 saturated carbocycles. The highest BCUT2D eigenvalue weighted by molar-refractivity contribution is 6.30. The van der Waals surface area contributed by atoms with Gasteiger partial charge in [-0.3, -0.25) is 9.78 Å². The Hall–Kier alpha value is -2.91. The number of halogens is 1. The van der Waals surface area contributed by atoms with Crippen LogP contribution < -0.4 is 5.56 Å². The van der Waals surface area contributed by atoms with Crippen molar-refractivity contribution in [3.63, 3.8) is 0 Å². The molecule has 0 radical (unpaired) electrons. The fraction of sp³-hybridized carbons (Fsp3) is 0.200. The lowest BCUT2D eigenvalue weighted by atomic mass is 10.0. The largest absolute Gasteiger partial charge is 0.304 e. The van der Waals surface area contributed by atoms with E-state index in [2.05, 4.69) is 25.1 Å². The van der Waals surface area contributed by atoms with Crippen LogP contribution in [0.15, 0.2) is 77.6 Å². The molecule has 3 nitrogen and oxygen atoms in total. The van der Waals surface area contributed by atoms with Crippen molar-refractivity contribution in [1.29, 1.82) is 0 Å². The maximum absolute atomic E-state index is 12.8. The molecule has 0 saturated heterocycles. The molecule has 4 rings (SSSR count). The summed E-state index contributed by atoms with van der Waals surface area (Å²) in [6, 6.07) is 23.6. The van der Waals surface area contributed by atoms with Crippen molar-refractivity contribution in [3.8, 4) is 0 Å². The average molecular weight is 403 g/mol. The van der Waals surface area contributed by atoms with Gasteiger partial charge in [0.1, 0.15) is 0 Å². The molecule has 0 N–H and O–H groups in total. The number of rotatable bonds is 6. The molecular weight excluding hydrogens is 380 g/mol. The van der Waals surface area contributed by atoms with Crippen LogP contribution in [-0.2, 0) is 19.4 Å². The van der Waals surface area contributed by atoms with E-state index in [1.165, 1.54) is 5.56 Å². The molecule has 146 valence electrons. The maximum atomic E-state index is 12.8. The predicted octanol–water partition coefficient (Wildman–Crippen LogP) is 5.64. The summed E-state index contributed by atoms with van der Waals surface area (Å²) in [7, 11) is 0. The lowest BCUT2D eigenvalue weighted by Crippen LogP contribution is -2.21. The van der Waals surface area contributed by atoms with Crippen molar-refractivity contribution in [1.82, 2.24) is 9.55 Å². The molecule has 0 amide bonds. The zero-order chi connectivity index (χ0) is 20.2. The van der Waals surface area contributed by atoms with Gasteiger partial charge in [-0.05, 0) is 41.8 Å². The first-order valence-corrected chi connectivity index (χ1v) is 10.3. The van der Waals surface area contributed by atoms with Crippen LogP contribution in [0.1, 0.15) is 35.9 Å². The van der Waals surface area contributed by atoms with E-state index in [1.807, 2.05) is 53.1 Å². The standard InChI is InChI=1S/C25H23ClN2O/c1-2-7-23-22-12-13-25(29)28(17-19-10-6-11-20(26)14-19)24(22)16-21(27-23)15-18-8-4-3-5-9-18/h3-6,8-14,16H,2,7,15,17H2,1H3. The van der Waals surface area contributed by atoms with Crippen LogP contribution in [0.25, 0.3) is 10.9 Å². The molecule has 0 aliphatic carbocycles. The Kier molecular flexibility index (Phi) is 5.77. The van der Waals surface area contributed by atoms with Gasteiger partial charge < -0.3 is 4.57 Å². The fourth-order valence-corrected chi connectivity index (χ4v) is 3.93. The monoisotopic (exact) mass is 402 g/mol. The van der Waals surface area contributed by atoms with Gasteiger partial charge in [0.05, 0.1) is 12.1 Å². The second kappa shape index (κ2) is 8.62. The Morgan fingerprint density at radius 2 is 1.72 bits per heavy atom. The number of aromatic nitrogens is 2. The lowest BCUT2D eigenvalue weighted by molar-refractivity contribution is 0.788. The number of pyridine rings is 2. The molecule has 4 heteroatoms. The summed E-state index contributed by atoms with van der Waals surface area (Å²) in [5.41, 5.74) is 5.17. The summed E-state index contributed by atoms with van der Waals surface area (Å²) in [4.78, 5) is 17.7. The van der Waals surface area contributed by atoms with Gasteiger partial charge in [0.15, 0.2) is 0 Å². The summed E-state index contributed by atoms with van der Waals surface area (Å²) in [6.45, 7) is 2.64. The van der Waals surface area contributed by atoms with Crippen LogP contribution >= 0.6 is 11.6 Å². The Balaban J connectivity index is 1.85. The molecule has 2 aromatic carbocycles.